The van der Waals surface area contributed by atoms with Crippen LogP contribution in [0.1, 0.15) is 47.5 Å². The molecule has 2 heteroatoms. The first-order valence-corrected chi connectivity index (χ1v) is 5.69. The van der Waals surface area contributed by atoms with E-state index in [2.05, 4.69) is 33.0 Å². The van der Waals surface area contributed by atoms with Crippen LogP contribution in [-0.2, 0) is 0 Å². The van der Waals surface area contributed by atoms with Gasteiger partial charge in [-0.25, -0.2) is 0 Å². The Bertz CT molecular complexity index is 130. The largest absolute Gasteiger partial charge is 0.310 e. The molecule has 0 fully saturated rings. The van der Waals surface area contributed by atoms with Crippen molar-refractivity contribution in [3.8, 4) is 0 Å². The lowest BCUT2D eigenvalue weighted by atomic mass is 10.0. The molecule has 0 aromatic rings. The Kier molecular flexibility index (Phi) is 5.98. The minimum atomic E-state index is 0.0541. The smallest absolute Gasteiger partial charge is 0.0484 e. The Hall–Kier alpha value is 0.250. The van der Waals surface area contributed by atoms with E-state index < -0.39 is 0 Å². The van der Waals surface area contributed by atoms with Crippen molar-refractivity contribution in [2.24, 2.45) is 5.92 Å². The highest BCUT2D eigenvalue weighted by Crippen LogP contribution is 2.14. The van der Waals surface area contributed by atoms with E-state index in [-0.39, 0.29) is 10.9 Å². The van der Waals surface area contributed by atoms with Crippen molar-refractivity contribution in [1.29, 1.82) is 0 Å². The second kappa shape index (κ2) is 5.87. The lowest BCUT2D eigenvalue weighted by Crippen LogP contribution is -2.46. The number of nitrogens with one attached hydrogen (secondary N) is 1. The van der Waals surface area contributed by atoms with Crippen LogP contribution in [0.4, 0.5) is 0 Å². The zero-order valence-corrected chi connectivity index (χ0v) is 10.4. The van der Waals surface area contributed by atoms with E-state index in [9.17, 15) is 0 Å². The molecule has 0 aliphatic carbocycles. The van der Waals surface area contributed by atoms with Gasteiger partial charge in [0.05, 0.1) is 0 Å². The molecule has 13 heavy (non-hydrogen) atoms. The zero-order chi connectivity index (χ0) is 10.5. The van der Waals surface area contributed by atoms with E-state index in [1.165, 1.54) is 12.8 Å². The third-order valence-electron chi connectivity index (χ3n) is 2.53. The maximum atomic E-state index is 6.05. The fraction of sp³-hybridized carbons (Fsp3) is 1.00. The Labute approximate surface area is 88.2 Å². The number of halogens is 1. The van der Waals surface area contributed by atoms with Gasteiger partial charge in [0, 0.05) is 10.9 Å². The van der Waals surface area contributed by atoms with Crippen LogP contribution >= 0.6 is 11.6 Å². The molecule has 0 aromatic heterocycles. The predicted octanol–water partition coefficient (Wildman–Crippen LogP) is 3.42. The van der Waals surface area contributed by atoms with Crippen LogP contribution in [0.3, 0.4) is 0 Å². The Morgan fingerprint density at radius 1 is 1.23 bits per heavy atom. The van der Waals surface area contributed by atoms with Gasteiger partial charge in [-0.05, 0) is 46.1 Å². The van der Waals surface area contributed by atoms with Gasteiger partial charge in [-0.2, -0.15) is 0 Å². The molecule has 0 heterocycles. The van der Waals surface area contributed by atoms with Crippen molar-refractivity contribution in [3.05, 3.63) is 0 Å². The molecule has 1 unspecified atom stereocenters. The molecule has 1 nitrogen and oxygen atoms in total. The average Bonchev–Trinajstić information content (AvgIpc) is 1.97. The van der Waals surface area contributed by atoms with Gasteiger partial charge in [0.25, 0.3) is 0 Å². The van der Waals surface area contributed by atoms with Crippen molar-refractivity contribution < 1.29 is 0 Å². The summed E-state index contributed by atoms with van der Waals surface area (Å²) >= 11 is 6.05. The molecule has 0 bridgehead atoms. The van der Waals surface area contributed by atoms with Crippen LogP contribution in [0.25, 0.3) is 0 Å². The van der Waals surface area contributed by atoms with Gasteiger partial charge < -0.3 is 5.32 Å². The topological polar surface area (TPSA) is 12.0 Å². The van der Waals surface area contributed by atoms with Gasteiger partial charge in [0.2, 0.25) is 0 Å². The van der Waals surface area contributed by atoms with E-state index in [1.807, 2.05) is 6.92 Å². The third-order valence-corrected chi connectivity index (χ3v) is 3.08. The molecule has 0 saturated heterocycles. The number of alkyl halides is 1. The van der Waals surface area contributed by atoms with Crippen LogP contribution in [-0.4, -0.2) is 17.5 Å². The minimum absolute atomic E-state index is 0.0541. The number of hydrogen-bond donors (Lipinski definition) is 1. The molecule has 0 amide bonds. The van der Waals surface area contributed by atoms with Crippen LogP contribution in [0.15, 0.2) is 0 Å². The summed E-state index contributed by atoms with van der Waals surface area (Å²) in [6.45, 7) is 11.9. The molecule has 0 aliphatic heterocycles. The SMILES string of the molecule is CC(C)CCCNC(C)(C)C(C)Cl. The Morgan fingerprint density at radius 2 is 1.77 bits per heavy atom. The van der Waals surface area contributed by atoms with Gasteiger partial charge in [0.15, 0.2) is 0 Å². The van der Waals surface area contributed by atoms with Crippen LogP contribution in [0.5, 0.6) is 0 Å². The summed E-state index contributed by atoms with van der Waals surface area (Å²) in [4.78, 5) is 0. The Morgan fingerprint density at radius 3 is 2.15 bits per heavy atom. The first-order valence-electron chi connectivity index (χ1n) is 5.25. The van der Waals surface area contributed by atoms with Crippen LogP contribution < -0.4 is 5.32 Å². The molecule has 0 radical (unpaired) electrons. The molecule has 1 N–H and O–H groups in total. The summed E-state index contributed by atoms with van der Waals surface area (Å²) < 4.78 is 0. The lowest BCUT2D eigenvalue weighted by molar-refractivity contribution is 0.371. The van der Waals surface area contributed by atoms with E-state index in [4.69, 9.17) is 11.6 Å². The van der Waals surface area contributed by atoms with E-state index >= 15 is 0 Å². The molecular weight excluding hydrogens is 182 g/mol. The average molecular weight is 206 g/mol. The van der Waals surface area contributed by atoms with Crippen molar-refractivity contribution in [2.75, 3.05) is 6.54 Å². The quantitative estimate of drug-likeness (QED) is 0.518. The van der Waals surface area contributed by atoms with Crippen molar-refractivity contribution >= 4 is 11.6 Å². The fourth-order valence-electron chi connectivity index (χ4n) is 1.06. The summed E-state index contributed by atoms with van der Waals surface area (Å²) in [7, 11) is 0. The molecule has 1 atom stereocenters. The highest BCUT2D eigenvalue weighted by atomic mass is 35.5. The summed E-state index contributed by atoms with van der Waals surface area (Å²) in [5.74, 6) is 0.804. The van der Waals surface area contributed by atoms with E-state index in [0.717, 1.165) is 12.5 Å². The summed E-state index contributed by atoms with van der Waals surface area (Å²) in [5.41, 5.74) is 0.0541. The van der Waals surface area contributed by atoms with Crippen molar-refractivity contribution in [1.82, 2.24) is 5.32 Å². The van der Waals surface area contributed by atoms with Gasteiger partial charge >= 0.3 is 0 Å². The highest BCUT2D eigenvalue weighted by molar-refractivity contribution is 6.21. The summed E-state index contributed by atoms with van der Waals surface area (Å²) in [5, 5.41) is 3.65. The standard InChI is InChI=1S/C11H24ClN/c1-9(2)7-6-8-13-11(4,5)10(3)12/h9-10,13H,6-8H2,1-5H3. The lowest BCUT2D eigenvalue weighted by Gasteiger charge is -2.29. The summed E-state index contributed by atoms with van der Waals surface area (Å²) in [6.07, 6.45) is 2.53. The monoisotopic (exact) mass is 205 g/mol. The van der Waals surface area contributed by atoms with Gasteiger partial charge in [-0.15, -0.1) is 11.6 Å². The maximum absolute atomic E-state index is 6.05. The second-order valence-corrected chi connectivity index (χ2v) is 5.46. The van der Waals surface area contributed by atoms with Crippen LogP contribution in [0.2, 0.25) is 0 Å². The molecule has 0 saturated carbocycles. The van der Waals surface area contributed by atoms with Gasteiger partial charge in [-0.3, -0.25) is 0 Å². The van der Waals surface area contributed by atoms with Crippen LogP contribution in [0, 0.1) is 5.92 Å². The van der Waals surface area contributed by atoms with Crippen molar-refractivity contribution in [2.45, 2.75) is 58.4 Å². The molecule has 0 rings (SSSR count). The molecule has 0 aliphatic rings. The molecule has 80 valence electrons. The summed E-state index contributed by atoms with van der Waals surface area (Å²) in [6, 6.07) is 0. The number of hydrogen-bond acceptors (Lipinski definition) is 1. The first kappa shape index (κ1) is 13.2. The minimum Gasteiger partial charge on any atom is -0.310 e. The maximum Gasteiger partial charge on any atom is 0.0484 e. The second-order valence-electron chi connectivity index (χ2n) is 4.80. The normalized spacial score (nSPS) is 15.0. The Balaban J connectivity index is 3.52. The third kappa shape index (κ3) is 6.34. The van der Waals surface area contributed by atoms with Crippen molar-refractivity contribution in [3.63, 3.8) is 0 Å². The first-order chi connectivity index (χ1) is 5.86. The van der Waals surface area contributed by atoms with E-state index in [1.54, 1.807) is 0 Å². The number of rotatable bonds is 6. The zero-order valence-electron chi connectivity index (χ0n) is 9.65. The molecule has 0 spiro atoms. The van der Waals surface area contributed by atoms with E-state index in [0.29, 0.717) is 0 Å². The fourth-order valence-corrected chi connectivity index (χ4v) is 1.14. The predicted molar refractivity (Wildman–Crippen MR) is 61.5 cm³/mol. The highest BCUT2D eigenvalue weighted by Gasteiger charge is 2.22. The molecule has 0 aromatic carbocycles. The van der Waals surface area contributed by atoms with Gasteiger partial charge in [0.1, 0.15) is 0 Å². The molecular formula is C11H24ClN. The van der Waals surface area contributed by atoms with Gasteiger partial charge in [-0.1, -0.05) is 13.8 Å².